The highest BCUT2D eigenvalue weighted by atomic mass is 79.9. The maximum absolute atomic E-state index is 11.6. The second kappa shape index (κ2) is 6.50. The van der Waals surface area contributed by atoms with Gasteiger partial charge in [0, 0.05) is 8.95 Å². The molecule has 0 heterocycles. The van der Waals surface area contributed by atoms with Crippen LogP contribution in [-0.2, 0) is 20.2 Å². The summed E-state index contributed by atoms with van der Waals surface area (Å²) in [4.78, 5) is -0.591. The van der Waals surface area contributed by atoms with Gasteiger partial charge in [-0.25, -0.2) is 0 Å². The van der Waals surface area contributed by atoms with Gasteiger partial charge in [0.2, 0.25) is 0 Å². The van der Waals surface area contributed by atoms with E-state index < -0.39 is 20.2 Å². The van der Waals surface area contributed by atoms with Gasteiger partial charge in [-0.2, -0.15) is 16.8 Å². The molecule has 0 aliphatic carbocycles. The molecule has 0 fully saturated rings. The monoisotopic (exact) mass is 498 g/mol. The molecule has 0 radical (unpaired) electrons. The van der Waals surface area contributed by atoms with E-state index in [1.165, 1.54) is 26.0 Å². The van der Waals surface area contributed by atoms with Gasteiger partial charge in [-0.1, -0.05) is 12.1 Å². The Morgan fingerprint density at radius 1 is 0.708 bits per heavy atom. The zero-order valence-corrected chi connectivity index (χ0v) is 17.2. The molecule has 0 spiro atoms. The SMILES string of the molecule is Cc1c(-c2ccc(Br)c(S(=O)(=O)O)c2C)ccc(Br)c1S(=O)(=O)O. The molecule has 0 atom stereocenters. The number of hydrogen-bond donors (Lipinski definition) is 2. The standard InChI is InChI=1S/C14H12Br2O6S2/c1-7-9(3-5-11(15)13(7)23(17,18)19)10-4-6-12(16)14(8(10)2)24(20,21)22/h3-6H,1-2H3,(H,17,18,19)(H,20,21,22). The van der Waals surface area contributed by atoms with Crippen LogP contribution in [0.2, 0.25) is 0 Å². The second-order valence-electron chi connectivity index (χ2n) is 5.05. The highest BCUT2D eigenvalue weighted by Crippen LogP contribution is 2.38. The van der Waals surface area contributed by atoms with Crippen LogP contribution in [0.3, 0.4) is 0 Å². The number of benzene rings is 2. The van der Waals surface area contributed by atoms with Gasteiger partial charge in [-0.15, -0.1) is 0 Å². The Balaban J connectivity index is 2.90. The molecule has 2 N–H and O–H groups in total. The lowest BCUT2D eigenvalue weighted by molar-refractivity contribution is 0.479. The van der Waals surface area contributed by atoms with Crippen LogP contribution in [0.1, 0.15) is 11.1 Å². The minimum atomic E-state index is -4.48. The molecule has 0 bridgehead atoms. The van der Waals surface area contributed by atoms with E-state index in [0.717, 1.165) is 0 Å². The molecule has 0 amide bonds. The van der Waals surface area contributed by atoms with Gasteiger partial charge in [0.25, 0.3) is 20.2 Å². The van der Waals surface area contributed by atoms with Gasteiger partial charge in [-0.05, 0) is 80.1 Å². The number of rotatable bonds is 3. The molecular weight excluding hydrogens is 488 g/mol. The Morgan fingerprint density at radius 3 is 1.25 bits per heavy atom. The van der Waals surface area contributed by atoms with Crippen LogP contribution in [0.15, 0.2) is 43.0 Å². The Hall–Kier alpha value is -0.780. The van der Waals surface area contributed by atoms with Gasteiger partial charge in [0.1, 0.15) is 9.79 Å². The van der Waals surface area contributed by atoms with Crippen molar-refractivity contribution in [3.05, 3.63) is 44.3 Å². The van der Waals surface area contributed by atoms with Crippen LogP contribution in [0.25, 0.3) is 11.1 Å². The quantitative estimate of drug-likeness (QED) is 0.618. The fourth-order valence-electron chi connectivity index (χ4n) is 2.53. The van der Waals surface area contributed by atoms with E-state index in [9.17, 15) is 25.9 Å². The summed E-state index contributed by atoms with van der Waals surface area (Å²) in [5.41, 5.74) is 1.33. The Bertz CT molecular complexity index is 958. The fraction of sp³-hybridized carbons (Fsp3) is 0.143. The van der Waals surface area contributed by atoms with Crippen LogP contribution in [0.4, 0.5) is 0 Å². The molecule has 0 saturated heterocycles. The third-order valence-corrected chi connectivity index (χ3v) is 7.45. The molecule has 10 heteroatoms. The smallest absolute Gasteiger partial charge is 0.282 e. The van der Waals surface area contributed by atoms with Crippen LogP contribution in [0.5, 0.6) is 0 Å². The first-order valence-corrected chi connectivity index (χ1v) is 10.9. The van der Waals surface area contributed by atoms with Crippen LogP contribution >= 0.6 is 31.9 Å². The first-order valence-electron chi connectivity index (χ1n) is 6.39. The zero-order valence-electron chi connectivity index (χ0n) is 12.4. The summed E-state index contributed by atoms with van der Waals surface area (Å²) in [7, 11) is -8.96. The van der Waals surface area contributed by atoms with Gasteiger partial charge < -0.3 is 0 Å². The molecule has 0 aromatic heterocycles. The van der Waals surface area contributed by atoms with E-state index in [0.29, 0.717) is 11.1 Å². The third kappa shape index (κ3) is 3.58. The fourth-order valence-corrected chi connectivity index (χ4v) is 6.24. The van der Waals surface area contributed by atoms with Gasteiger partial charge in [0.05, 0.1) is 0 Å². The predicted molar refractivity (Wildman–Crippen MR) is 96.4 cm³/mol. The van der Waals surface area contributed by atoms with Crippen molar-refractivity contribution < 1.29 is 25.9 Å². The largest absolute Gasteiger partial charge is 0.295 e. The van der Waals surface area contributed by atoms with Crippen molar-refractivity contribution in [2.75, 3.05) is 0 Å². The molecule has 6 nitrogen and oxygen atoms in total. The third-order valence-electron chi connectivity index (χ3n) is 3.52. The highest BCUT2D eigenvalue weighted by Gasteiger charge is 2.24. The van der Waals surface area contributed by atoms with Crippen molar-refractivity contribution in [1.82, 2.24) is 0 Å². The van der Waals surface area contributed by atoms with Gasteiger partial charge >= 0.3 is 0 Å². The van der Waals surface area contributed by atoms with Gasteiger partial charge in [0.15, 0.2) is 0 Å². The number of halogens is 2. The van der Waals surface area contributed by atoms with E-state index >= 15 is 0 Å². The van der Waals surface area contributed by atoms with Crippen molar-refractivity contribution in [3.63, 3.8) is 0 Å². The molecule has 2 rings (SSSR count). The lowest BCUT2D eigenvalue weighted by atomic mass is 9.97. The van der Waals surface area contributed by atoms with E-state index in [2.05, 4.69) is 31.9 Å². The first-order chi connectivity index (χ1) is 10.9. The van der Waals surface area contributed by atoms with E-state index in [1.807, 2.05) is 0 Å². The van der Waals surface area contributed by atoms with Crippen molar-refractivity contribution in [2.45, 2.75) is 23.6 Å². The summed E-state index contributed by atoms with van der Waals surface area (Å²) in [6.07, 6.45) is 0. The Labute approximate surface area is 156 Å². The maximum Gasteiger partial charge on any atom is 0.295 e. The molecule has 0 saturated carbocycles. The molecule has 2 aromatic rings. The van der Waals surface area contributed by atoms with E-state index in [4.69, 9.17) is 0 Å². The van der Waals surface area contributed by atoms with Gasteiger partial charge in [-0.3, -0.25) is 9.11 Å². The summed E-state index contributed by atoms with van der Waals surface area (Å²) < 4.78 is 65.6. The zero-order chi connectivity index (χ0) is 18.4. The summed E-state index contributed by atoms with van der Waals surface area (Å²) in [5, 5.41) is 0. The molecule has 0 aliphatic heterocycles. The van der Waals surface area contributed by atoms with E-state index in [1.54, 1.807) is 12.1 Å². The van der Waals surface area contributed by atoms with Crippen molar-refractivity contribution in [1.29, 1.82) is 0 Å². The molecule has 0 unspecified atom stereocenters. The van der Waals surface area contributed by atoms with Crippen molar-refractivity contribution in [3.8, 4) is 11.1 Å². The summed E-state index contributed by atoms with van der Waals surface area (Å²) in [5.74, 6) is 0. The second-order valence-corrected chi connectivity index (χ2v) is 9.47. The first kappa shape index (κ1) is 19.5. The average Bonchev–Trinajstić information content (AvgIpc) is 2.37. The Morgan fingerprint density at radius 2 is 1.00 bits per heavy atom. The maximum atomic E-state index is 11.6. The minimum Gasteiger partial charge on any atom is -0.282 e. The van der Waals surface area contributed by atoms with Crippen LogP contribution in [-0.4, -0.2) is 25.9 Å². The molecule has 130 valence electrons. The lowest BCUT2D eigenvalue weighted by Crippen LogP contribution is -2.06. The van der Waals surface area contributed by atoms with Crippen LogP contribution in [0, 0.1) is 13.8 Å². The lowest BCUT2D eigenvalue weighted by Gasteiger charge is -2.16. The molecular formula is C14H12Br2O6S2. The normalized spacial score (nSPS) is 12.4. The topological polar surface area (TPSA) is 109 Å². The Kier molecular flexibility index (Phi) is 5.30. The minimum absolute atomic E-state index is 0.191. The molecule has 2 aromatic carbocycles. The van der Waals surface area contributed by atoms with Crippen molar-refractivity contribution in [2.24, 2.45) is 0 Å². The molecule has 24 heavy (non-hydrogen) atoms. The number of hydrogen-bond acceptors (Lipinski definition) is 4. The summed E-state index contributed by atoms with van der Waals surface area (Å²) in [6, 6.07) is 6.08. The highest BCUT2D eigenvalue weighted by molar-refractivity contribution is 9.10. The molecule has 0 aliphatic rings. The summed E-state index contributed by atoms with van der Waals surface area (Å²) in [6.45, 7) is 3.00. The van der Waals surface area contributed by atoms with E-state index in [-0.39, 0.29) is 29.9 Å². The predicted octanol–water partition coefficient (Wildman–Crippen LogP) is 3.99. The van der Waals surface area contributed by atoms with Crippen LogP contribution < -0.4 is 0 Å². The average molecular weight is 500 g/mol. The summed E-state index contributed by atoms with van der Waals surface area (Å²) >= 11 is 6.17. The van der Waals surface area contributed by atoms with Crippen molar-refractivity contribution >= 4 is 52.1 Å².